The van der Waals surface area contributed by atoms with Crippen LogP contribution in [-0.4, -0.2) is 109 Å². The first-order valence-electron chi connectivity index (χ1n) is 16.5. The molecule has 2 aliphatic heterocycles. The van der Waals surface area contributed by atoms with Crippen molar-refractivity contribution in [2.75, 3.05) is 52.4 Å². The Balaban J connectivity index is 1.35. The van der Waals surface area contributed by atoms with Crippen molar-refractivity contribution in [2.24, 2.45) is 0 Å². The topological polar surface area (TPSA) is 134 Å². The number of nitrogens with zero attached hydrogens (tertiary/aromatic N) is 2. The normalized spacial score (nSPS) is 18.2. The fourth-order valence-electron chi connectivity index (χ4n) is 5.88. The minimum absolute atomic E-state index is 0.111. The lowest BCUT2D eigenvalue weighted by Crippen LogP contribution is -2.44. The van der Waals surface area contributed by atoms with Crippen LogP contribution in [0, 0.1) is 0 Å². The number of aliphatic hydroxyl groups is 2. The lowest BCUT2D eigenvalue weighted by Gasteiger charge is -2.32. The van der Waals surface area contributed by atoms with Gasteiger partial charge in [0.05, 0.1) is 12.7 Å². The number of unbranched alkanes of at least 4 members (excludes halogenated alkanes) is 7. The molecule has 0 spiro atoms. The van der Waals surface area contributed by atoms with Crippen molar-refractivity contribution in [3.05, 3.63) is 0 Å². The molecule has 5 N–H and O–H groups in total. The Morgan fingerprint density at radius 2 is 1.27 bits per heavy atom. The van der Waals surface area contributed by atoms with E-state index in [4.69, 9.17) is 5.11 Å². The first-order valence-corrected chi connectivity index (χ1v) is 16.5. The average Bonchev–Trinajstić information content (AvgIpc) is 2.98. The maximum Gasteiger partial charge on any atom is 0.220 e. The van der Waals surface area contributed by atoms with Gasteiger partial charge in [0.1, 0.15) is 0 Å². The Hall–Kier alpha value is -1.75. The van der Waals surface area contributed by atoms with Crippen molar-refractivity contribution >= 4 is 18.2 Å². The number of piperidine rings is 2. The summed E-state index contributed by atoms with van der Waals surface area (Å²) in [5.41, 5.74) is 0. The molecule has 0 aromatic carbocycles. The van der Waals surface area contributed by atoms with E-state index < -0.39 is 6.10 Å². The van der Waals surface area contributed by atoms with Crippen molar-refractivity contribution in [3.63, 3.8) is 0 Å². The number of aliphatic hydroxyl groups excluding tert-OH is 2. The largest absolute Gasteiger partial charge is 0.394 e. The van der Waals surface area contributed by atoms with E-state index in [0.29, 0.717) is 37.9 Å². The third kappa shape index (κ3) is 17.7. The van der Waals surface area contributed by atoms with E-state index in [1.54, 1.807) is 0 Å². The van der Waals surface area contributed by atoms with Crippen LogP contribution < -0.4 is 16.0 Å². The lowest BCUT2D eigenvalue weighted by atomic mass is 10.0. The summed E-state index contributed by atoms with van der Waals surface area (Å²) in [6.45, 7) is 6.87. The van der Waals surface area contributed by atoms with Gasteiger partial charge in [0.25, 0.3) is 0 Å². The fraction of sp³-hybridized carbons (Fsp3) is 0.903. The molecule has 0 aromatic heterocycles. The highest BCUT2D eigenvalue weighted by Gasteiger charge is 2.20. The van der Waals surface area contributed by atoms with Crippen LogP contribution in [-0.2, 0) is 14.4 Å². The zero-order valence-electron chi connectivity index (χ0n) is 25.5. The van der Waals surface area contributed by atoms with Gasteiger partial charge in [-0.05, 0) is 83.7 Å². The molecule has 10 nitrogen and oxygen atoms in total. The molecule has 0 aliphatic carbocycles. The maximum absolute atomic E-state index is 12.4. The predicted octanol–water partition coefficient (Wildman–Crippen LogP) is 2.32. The van der Waals surface area contributed by atoms with E-state index in [1.165, 1.54) is 12.8 Å². The average molecular weight is 582 g/mol. The fourth-order valence-corrected chi connectivity index (χ4v) is 5.88. The number of hydrogen-bond donors (Lipinski definition) is 5. The lowest BCUT2D eigenvalue weighted by molar-refractivity contribution is -0.122. The highest BCUT2D eigenvalue weighted by Crippen LogP contribution is 2.14. The highest BCUT2D eigenvalue weighted by molar-refractivity contribution is 5.76. The van der Waals surface area contributed by atoms with Crippen molar-refractivity contribution in [2.45, 2.75) is 127 Å². The summed E-state index contributed by atoms with van der Waals surface area (Å²) in [7, 11) is 0. The molecule has 2 aliphatic rings. The van der Waals surface area contributed by atoms with E-state index in [2.05, 4.69) is 25.8 Å². The second kappa shape index (κ2) is 22.8. The van der Waals surface area contributed by atoms with Crippen molar-refractivity contribution < 1.29 is 24.6 Å². The van der Waals surface area contributed by atoms with Crippen LogP contribution in [0.4, 0.5) is 0 Å². The first-order chi connectivity index (χ1) is 20.0. The summed E-state index contributed by atoms with van der Waals surface area (Å²) >= 11 is 0. The van der Waals surface area contributed by atoms with Crippen LogP contribution in [0.5, 0.6) is 0 Å². The number of likely N-dealkylation sites (tertiary alicyclic amines) is 2. The van der Waals surface area contributed by atoms with Crippen LogP contribution in [0.15, 0.2) is 0 Å². The molecule has 1 atom stereocenters. The zero-order chi connectivity index (χ0) is 29.5. The molecule has 3 amide bonds. The molecule has 10 heteroatoms. The van der Waals surface area contributed by atoms with Gasteiger partial charge in [0.15, 0.2) is 0 Å². The standard InChI is InChI=1S/C31H59N5O5/c37-25-29(39)11-7-8-18-32-30(40)12-5-2-1-3-9-19-36-23-16-28(17-24-36)34-31(41)13-6-4-10-20-35-21-14-27(15-22-35)33-26-38/h26-29,37,39H,1-25H2,(H,32,40)(H,33,38)(H,34,41). The van der Waals surface area contributed by atoms with Crippen LogP contribution in [0.25, 0.3) is 0 Å². The zero-order valence-corrected chi connectivity index (χ0v) is 25.5. The van der Waals surface area contributed by atoms with Gasteiger partial charge >= 0.3 is 0 Å². The number of carbonyl (C=O) groups is 3. The van der Waals surface area contributed by atoms with Gasteiger partial charge in [-0.3, -0.25) is 14.4 Å². The van der Waals surface area contributed by atoms with Crippen LogP contribution in [0.3, 0.4) is 0 Å². The summed E-state index contributed by atoms with van der Waals surface area (Å²) in [5, 5.41) is 27.2. The van der Waals surface area contributed by atoms with Gasteiger partial charge in [-0.15, -0.1) is 0 Å². The molecule has 2 rings (SSSR count). The molecule has 41 heavy (non-hydrogen) atoms. The van der Waals surface area contributed by atoms with E-state index in [9.17, 15) is 19.5 Å². The molecular formula is C31H59N5O5. The minimum Gasteiger partial charge on any atom is -0.394 e. The minimum atomic E-state index is -0.643. The van der Waals surface area contributed by atoms with Gasteiger partial charge < -0.3 is 36.0 Å². The molecule has 238 valence electrons. The second-order valence-corrected chi connectivity index (χ2v) is 12.1. The smallest absolute Gasteiger partial charge is 0.220 e. The molecule has 0 bridgehead atoms. The van der Waals surface area contributed by atoms with E-state index in [-0.39, 0.29) is 18.4 Å². The monoisotopic (exact) mass is 581 g/mol. The second-order valence-electron chi connectivity index (χ2n) is 12.1. The third-order valence-corrected chi connectivity index (χ3v) is 8.60. The van der Waals surface area contributed by atoms with E-state index in [1.807, 2.05) is 0 Å². The number of nitrogens with one attached hydrogen (secondary N) is 3. The number of carbonyl (C=O) groups excluding carboxylic acids is 3. The van der Waals surface area contributed by atoms with Crippen LogP contribution >= 0.6 is 0 Å². The summed E-state index contributed by atoms with van der Waals surface area (Å²) in [6.07, 6.45) is 16.5. The first kappa shape index (κ1) is 35.4. The van der Waals surface area contributed by atoms with Gasteiger partial charge in [-0.1, -0.05) is 25.7 Å². The third-order valence-electron chi connectivity index (χ3n) is 8.60. The van der Waals surface area contributed by atoms with Crippen molar-refractivity contribution in [1.82, 2.24) is 25.8 Å². The molecule has 0 radical (unpaired) electrons. The van der Waals surface area contributed by atoms with Crippen LogP contribution in [0.1, 0.15) is 109 Å². The predicted molar refractivity (Wildman–Crippen MR) is 162 cm³/mol. The van der Waals surface area contributed by atoms with Gasteiger partial charge in [0.2, 0.25) is 18.2 Å². The van der Waals surface area contributed by atoms with E-state index >= 15 is 0 Å². The Kier molecular flexibility index (Phi) is 19.7. The molecule has 0 aromatic rings. The number of hydrogen-bond acceptors (Lipinski definition) is 7. The molecular weight excluding hydrogens is 522 g/mol. The van der Waals surface area contributed by atoms with Gasteiger partial charge in [-0.25, -0.2) is 0 Å². The number of rotatable bonds is 23. The van der Waals surface area contributed by atoms with Crippen molar-refractivity contribution in [3.8, 4) is 0 Å². The molecule has 2 heterocycles. The quantitative estimate of drug-likeness (QED) is 0.0924. The molecule has 1 unspecified atom stereocenters. The summed E-state index contributed by atoms with van der Waals surface area (Å²) in [6, 6.07) is 0.656. The molecule has 2 saturated heterocycles. The Morgan fingerprint density at radius 1 is 0.732 bits per heavy atom. The van der Waals surface area contributed by atoms with E-state index in [0.717, 1.165) is 123 Å². The highest BCUT2D eigenvalue weighted by atomic mass is 16.3. The summed E-state index contributed by atoms with van der Waals surface area (Å²) < 4.78 is 0. The Labute approximate surface area is 248 Å². The van der Waals surface area contributed by atoms with Crippen LogP contribution in [0.2, 0.25) is 0 Å². The molecule has 0 saturated carbocycles. The number of amides is 3. The Bertz CT molecular complexity index is 696. The maximum atomic E-state index is 12.4. The SMILES string of the molecule is O=CNC1CCN(CCCCCC(=O)NC2CCN(CCCCCCCC(=O)NCCCCC(O)CO)CC2)CC1. The molecule has 2 fully saturated rings. The van der Waals surface area contributed by atoms with Crippen molar-refractivity contribution in [1.29, 1.82) is 0 Å². The van der Waals surface area contributed by atoms with Gasteiger partial charge in [0, 0.05) is 57.6 Å². The van der Waals surface area contributed by atoms with Gasteiger partial charge in [-0.2, -0.15) is 0 Å². The summed E-state index contributed by atoms with van der Waals surface area (Å²) in [4.78, 5) is 39.8. The summed E-state index contributed by atoms with van der Waals surface area (Å²) in [5.74, 6) is 0.316. The Morgan fingerprint density at radius 3 is 1.88 bits per heavy atom.